The Bertz CT molecular complexity index is 465. The van der Waals surface area contributed by atoms with Gasteiger partial charge >= 0.3 is 0 Å². The average Bonchev–Trinajstić information content (AvgIpc) is 2.40. The zero-order valence-electron chi connectivity index (χ0n) is 10.4. The minimum atomic E-state index is 1.11. The maximum Gasteiger partial charge on any atom is 0.0594 e. The van der Waals surface area contributed by atoms with E-state index in [1.54, 1.807) is 6.20 Å². The van der Waals surface area contributed by atoms with Crippen molar-refractivity contribution < 1.29 is 0 Å². The molecule has 0 radical (unpaired) electrons. The lowest BCUT2D eigenvalue weighted by atomic mass is 10.1. The second-order valence-electron chi connectivity index (χ2n) is 4.15. The van der Waals surface area contributed by atoms with E-state index in [1.165, 1.54) is 11.3 Å². The number of hydrogen-bond donors (Lipinski definition) is 0. The molecule has 0 aliphatic carbocycles. The number of aryl methyl sites for hydroxylation is 1. The summed E-state index contributed by atoms with van der Waals surface area (Å²) in [5.74, 6) is 0. The lowest BCUT2D eigenvalue weighted by Crippen LogP contribution is -2.11. The zero-order chi connectivity index (χ0) is 12.1. The van der Waals surface area contributed by atoms with Gasteiger partial charge in [0.25, 0.3) is 0 Å². The van der Waals surface area contributed by atoms with E-state index in [2.05, 4.69) is 54.2 Å². The van der Waals surface area contributed by atoms with Crippen molar-refractivity contribution in [3.63, 3.8) is 0 Å². The molecule has 17 heavy (non-hydrogen) atoms. The first-order valence-electron chi connectivity index (χ1n) is 6.04. The van der Waals surface area contributed by atoms with Crippen molar-refractivity contribution >= 4 is 11.4 Å². The number of para-hydroxylation sites is 1. The van der Waals surface area contributed by atoms with E-state index in [0.717, 1.165) is 18.5 Å². The number of nitrogens with zero attached hydrogens (tertiary/aromatic N) is 2. The van der Waals surface area contributed by atoms with Gasteiger partial charge in [-0.05, 0) is 30.2 Å². The van der Waals surface area contributed by atoms with Gasteiger partial charge in [-0.3, -0.25) is 4.98 Å². The van der Waals surface area contributed by atoms with Crippen LogP contribution in [0.5, 0.6) is 0 Å². The predicted molar refractivity (Wildman–Crippen MR) is 72.7 cm³/mol. The summed E-state index contributed by atoms with van der Waals surface area (Å²) in [6, 6.07) is 12.6. The quantitative estimate of drug-likeness (QED) is 0.788. The Morgan fingerprint density at radius 1 is 1.12 bits per heavy atom. The van der Waals surface area contributed by atoms with Crippen LogP contribution in [-0.4, -0.2) is 12.0 Å². The van der Waals surface area contributed by atoms with Gasteiger partial charge in [0.15, 0.2) is 0 Å². The first-order chi connectivity index (χ1) is 8.33. The summed E-state index contributed by atoms with van der Waals surface area (Å²) in [5.41, 5.74) is 3.78. The number of anilines is 2. The van der Waals surface area contributed by atoms with Crippen molar-refractivity contribution in [2.45, 2.75) is 19.8 Å². The van der Waals surface area contributed by atoms with Crippen molar-refractivity contribution in [3.05, 3.63) is 54.4 Å². The molecule has 1 aromatic carbocycles. The van der Waals surface area contributed by atoms with E-state index >= 15 is 0 Å². The molecule has 2 nitrogen and oxygen atoms in total. The molecule has 0 spiro atoms. The topological polar surface area (TPSA) is 16.1 Å². The first kappa shape index (κ1) is 11.6. The lowest BCUT2D eigenvalue weighted by Gasteiger charge is -2.22. The van der Waals surface area contributed by atoms with Crippen LogP contribution >= 0.6 is 0 Å². The number of rotatable bonds is 4. The molecule has 2 rings (SSSR count). The van der Waals surface area contributed by atoms with Crippen molar-refractivity contribution in [1.82, 2.24) is 4.98 Å². The van der Waals surface area contributed by atoms with Crippen LogP contribution in [0.2, 0.25) is 0 Å². The second kappa shape index (κ2) is 5.48. The third-order valence-electron chi connectivity index (χ3n) is 2.91. The largest absolute Gasteiger partial charge is 0.343 e. The molecular formula is C15H18N2. The lowest BCUT2D eigenvalue weighted by molar-refractivity contribution is 0.916. The van der Waals surface area contributed by atoms with Gasteiger partial charge < -0.3 is 4.90 Å². The van der Waals surface area contributed by atoms with E-state index in [9.17, 15) is 0 Å². The summed E-state index contributed by atoms with van der Waals surface area (Å²) in [7, 11) is 2.09. The van der Waals surface area contributed by atoms with E-state index in [1.807, 2.05) is 12.3 Å². The summed E-state index contributed by atoms with van der Waals surface area (Å²) in [4.78, 5) is 6.36. The molecule has 2 heteroatoms. The van der Waals surface area contributed by atoms with E-state index < -0.39 is 0 Å². The summed E-state index contributed by atoms with van der Waals surface area (Å²) in [6.45, 7) is 2.21. The number of pyridine rings is 1. The summed E-state index contributed by atoms with van der Waals surface area (Å²) in [6.07, 6.45) is 5.97. The maximum absolute atomic E-state index is 4.17. The molecule has 1 aromatic heterocycles. The highest BCUT2D eigenvalue weighted by molar-refractivity contribution is 5.64. The Morgan fingerprint density at radius 2 is 1.94 bits per heavy atom. The third kappa shape index (κ3) is 2.64. The van der Waals surface area contributed by atoms with Gasteiger partial charge in [0.2, 0.25) is 0 Å². The summed E-state index contributed by atoms with van der Waals surface area (Å²) < 4.78 is 0. The van der Waals surface area contributed by atoms with Gasteiger partial charge in [-0.2, -0.15) is 0 Å². The molecule has 0 amide bonds. The smallest absolute Gasteiger partial charge is 0.0594 e. The Hall–Kier alpha value is -1.83. The van der Waals surface area contributed by atoms with Crippen molar-refractivity contribution in [2.24, 2.45) is 0 Å². The molecule has 0 saturated heterocycles. The molecule has 0 unspecified atom stereocenters. The molecule has 0 aliphatic heterocycles. The van der Waals surface area contributed by atoms with Crippen molar-refractivity contribution in [1.29, 1.82) is 0 Å². The normalized spacial score (nSPS) is 10.2. The van der Waals surface area contributed by atoms with Gasteiger partial charge in [-0.25, -0.2) is 0 Å². The molecule has 0 aliphatic rings. The molecule has 88 valence electrons. The average molecular weight is 226 g/mol. The van der Waals surface area contributed by atoms with E-state index in [4.69, 9.17) is 0 Å². The molecule has 1 heterocycles. The summed E-state index contributed by atoms with van der Waals surface area (Å²) >= 11 is 0. The molecule has 0 fully saturated rings. The second-order valence-corrected chi connectivity index (χ2v) is 4.15. The highest BCUT2D eigenvalue weighted by Gasteiger charge is 2.07. The third-order valence-corrected chi connectivity index (χ3v) is 2.91. The van der Waals surface area contributed by atoms with Crippen LogP contribution in [0.15, 0.2) is 48.8 Å². The maximum atomic E-state index is 4.17. The number of hydrogen-bond acceptors (Lipinski definition) is 2. The molecule has 0 bridgehead atoms. The molecular weight excluding hydrogens is 208 g/mol. The minimum absolute atomic E-state index is 1.11. The minimum Gasteiger partial charge on any atom is -0.343 e. The van der Waals surface area contributed by atoms with E-state index in [-0.39, 0.29) is 0 Å². The predicted octanol–water partition coefficient (Wildman–Crippen LogP) is 3.80. The molecule has 0 saturated carbocycles. The van der Waals surface area contributed by atoms with E-state index in [0.29, 0.717) is 0 Å². The van der Waals surface area contributed by atoms with Crippen LogP contribution in [0.1, 0.15) is 18.9 Å². The SMILES string of the molecule is CCCc1ccccc1N(C)c1cccnc1. The Kier molecular flexibility index (Phi) is 3.76. The molecule has 0 atom stereocenters. The van der Waals surface area contributed by atoms with Crippen molar-refractivity contribution in [3.8, 4) is 0 Å². The highest BCUT2D eigenvalue weighted by Crippen LogP contribution is 2.26. The Labute approximate surface area is 103 Å². The van der Waals surface area contributed by atoms with Gasteiger partial charge in [0.05, 0.1) is 11.9 Å². The van der Waals surface area contributed by atoms with Gasteiger partial charge in [0.1, 0.15) is 0 Å². The Balaban J connectivity index is 2.33. The van der Waals surface area contributed by atoms with Crippen LogP contribution in [-0.2, 0) is 6.42 Å². The van der Waals surface area contributed by atoms with Gasteiger partial charge in [-0.1, -0.05) is 31.5 Å². The number of benzene rings is 1. The molecule has 0 N–H and O–H groups in total. The van der Waals surface area contributed by atoms with Crippen LogP contribution in [0.3, 0.4) is 0 Å². The zero-order valence-corrected chi connectivity index (χ0v) is 10.4. The fraction of sp³-hybridized carbons (Fsp3) is 0.267. The van der Waals surface area contributed by atoms with Crippen LogP contribution in [0.25, 0.3) is 0 Å². The summed E-state index contributed by atoms with van der Waals surface area (Å²) in [5, 5.41) is 0. The standard InChI is InChI=1S/C15H18N2/c1-3-7-13-8-4-5-10-15(13)17(2)14-9-6-11-16-12-14/h4-6,8-12H,3,7H2,1-2H3. The van der Waals surface area contributed by atoms with Crippen LogP contribution < -0.4 is 4.90 Å². The number of aromatic nitrogens is 1. The first-order valence-corrected chi connectivity index (χ1v) is 6.04. The fourth-order valence-corrected chi connectivity index (χ4v) is 2.01. The van der Waals surface area contributed by atoms with Crippen LogP contribution in [0.4, 0.5) is 11.4 Å². The molecule has 2 aromatic rings. The van der Waals surface area contributed by atoms with Gasteiger partial charge in [-0.15, -0.1) is 0 Å². The van der Waals surface area contributed by atoms with Crippen LogP contribution in [0, 0.1) is 0 Å². The van der Waals surface area contributed by atoms with Gasteiger partial charge in [0, 0.05) is 18.9 Å². The fourth-order valence-electron chi connectivity index (χ4n) is 2.01. The highest BCUT2D eigenvalue weighted by atomic mass is 15.1. The monoisotopic (exact) mass is 226 g/mol. The van der Waals surface area contributed by atoms with Crippen molar-refractivity contribution in [2.75, 3.05) is 11.9 Å². The Morgan fingerprint density at radius 3 is 2.65 bits per heavy atom.